The van der Waals surface area contributed by atoms with Gasteiger partial charge in [0.05, 0.1) is 0 Å². The Balaban J connectivity index is 1.96. The van der Waals surface area contributed by atoms with Crippen molar-refractivity contribution in [3.05, 3.63) is 59.9 Å². The molecule has 0 aromatic heterocycles. The Hall–Kier alpha value is -3.62. The van der Waals surface area contributed by atoms with Gasteiger partial charge in [0.25, 0.3) is 5.91 Å². The van der Waals surface area contributed by atoms with Crippen molar-refractivity contribution in [1.29, 1.82) is 0 Å². The van der Waals surface area contributed by atoms with Crippen molar-refractivity contribution < 1.29 is 23.1 Å². The topological polar surface area (TPSA) is 82.7 Å². The second kappa shape index (κ2) is 11.5. The number of halogens is 2. The predicted molar refractivity (Wildman–Crippen MR) is 131 cm³/mol. The summed E-state index contributed by atoms with van der Waals surface area (Å²) in [5, 5.41) is 8.32. The molecule has 2 rings (SSSR count). The highest BCUT2D eigenvalue weighted by Gasteiger charge is 2.16. The number of urea groups is 1. The summed E-state index contributed by atoms with van der Waals surface area (Å²) in [4.78, 5) is 25.0. The lowest BCUT2D eigenvalue weighted by molar-refractivity contribution is -0.130. The number of alkyl halides is 1. The van der Waals surface area contributed by atoms with E-state index in [0.29, 0.717) is 28.2 Å². The summed E-state index contributed by atoms with van der Waals surface area (Å²) in [5.41, 5.74) is 1.08. The lowest BCUT2D eigenvalue weighted by Crippen LogP contribution is -2.32. The fraction of sp³-hybridized carbons (Fsp3) is 0.360. The lowest BCUT2D eigenvalue weighted by atomic mass is 10.0. The quantitative estimate of drug-likeness (QED) is 0.455. The van der Waals surface area contributed by atoms with Crippen molar-refractivity contribution in [3.8, 4) is 5.75 Å². The molecule has 0 atom stereocenters. The zero-order chi connectivity index (χ0) is 25.5. The first-order valence-electron chi connectivity index (χ1n) is 10.8. The van der Waals surface area contributed by atoms with Crippen molar-refractivity contribution in [2.75, 3.05) is 37.9 Å². The van der Waals surface area contributed by atoms with Crippen molar-refractivity contribution in [3.63, 3.8) is 0 Å². The van der Waals surface area contributed by atoms with Crippen molar-refractivity contribution >= 4 is 29.0 Å². The van der Waals surface area contributed by atoms with Crippen molar-refractivity contribution in [1.82, 2.24) is 10.2 Å². The molecule has 0 heterocycles. The van der Waals surface area contributed by atoms with E-state index in [4.69, 9.17) is 4.74 Å². The maximum atomic E-state index is 14.8. The van der Waals surface area contributed by atoms with Crippen molar-refractivity contribution in [2.45, 2.75) is 32.9 Å². The van der Waals surface area contributed by atoms with E-state index in [2.05, 4.69) is 22.5 Å². The molecule has 0 aliphatic rings. The van der Waals surface area contributed by atoms with Gasteiger partial charge in [-0.25, -0.2) is 13.6 Å². The minimum atomic E-state index is -1.35. The highest BCUT2D eigenvalue weighted by molar-refractivity contribution is 5.89. The van der Waals surface area contributed by atoms with Crippen LogP contribution in [0.25, 0.3) is 5.70 Å². The highest BCUT2D eigenvalue weighted by atomic mass is 19.1. The summed E-state index contributed by atoms with van der Waals surface area (Å²) in [6.45, 7) is 8.60. The fourth-order valence-electron chi connectivity index (χ4n) is 2.97. The van der Waals surface area contributed by atoms with E-state index in [1.165, 1.54) is 24.8 Å². The van der Waals surface area contributed by atoms with Gasteiger partial charge in [0.15, 0.2) is 6.61 Å². The molecule has 34 heavy (non-hydrogen) atoms. The van der Waals surface area contributed by atoms with E-state index in [-0.39, 0.29) is 31.2 Å². The average molecular weight is 475 g/mol. The zero-order valence-corrected chi connectivity index (χ0v) is 20.2. The first kappa shape index (κ1) is 26.6. The Bertz CT molecular complexity index is 1010. The third-order valence-electron chi connectivity index (χ3n) is 4.87. The average Bonchev–Trinajstić information content (AvgIpc) is 2.71. The van der Waals surface area contributed by atoms with Crippen LogP contribution in [0.2, 0.25) is 0 Å². The molecule has 0 spiro atoms. The lowest BCUT2D eigenvalue weighted by Gasteiger charge is -2.16. The molecular formula is C25H32F2N4O3. The number of nitrogens with one attached hydrogen (secondary N) is 3. The van der Waals surface area contributed by atoms with Gasteiger partial charge in [0.1, 0.15) is 17.2 Å². The smallest absolute Gasteiger partial charge is 0.319 e. The molecule has 0 unspecified atom stereocenters. The monoisotopic (exact) mass is 474 g/mol. The molecule has 3 amide bonds. The number of amides is 3. The van der Waals surface area contributed by atoms with E-state index in [9.17, 15) is 18.4 Å². The van der Waals surface area contributed by atoms with Crippen LogP contribution in [0.5, 0.6) is 5.75 Å². The van der Waals surface area contributed by atoms with Gasteiger partial charge in [0, 0.05) is 49.3 Å². The maximum absolute atomic E-state index is 14.8. The molecule has 3 N–H and O–H groups in total. The molecule has 0 aliphatic carbocycles. The molecule has 9 heteroatoms. The number of likely N-dealkylation sites (N-methyl/N-ethyl adjacent to an activating group) is 1. The number of nitrogens with zero attached hydrogens (tertiary/aromatic N) is 1. The summed E-state index contributed by atoms with van der Waals surface area (Å²) < 4.78 is 33.6. The molecule has 0 aliphatic heterocycles. The van der Waals surface area contributed by atoms with Crippen LogP contribution in [0.1, 0.15) is 31.4 Å². The second-order valence-corrected chi connectivity index (χ2v) is 8.70. The van der Waals surface area contributed by atoms with Gasteiger partial charge in [0.2, 0.25) is 0 Å². The number of anilines is 2. The van der Waals surface area contributed by atoms with Crippen LogP contribution in [0.4, 0.5) is 25.0 Å². The van der Waals surface area contributed by atoms with E-state index < -0.39 is 17.5 Å². The van der Waals surface area contributed by atoms with Gasteiger partial charge in [-0.15, -0.1) is 0 Å². The number of rotatable bonds is 10. The standard InChI is InChI=1S/C25H32F2N4O3/c1-16-13-20(34-15-22(32)31(5)6)14-21(26)23(16)17(2)29-18-7-9-19(10-8-18)30-24(33)28-12-11-25(3,4)27/h7-10,13-14,29H,2,11-12,15H2,1,3-6H3,(H2,28,30,33). The van der Waals surface area contributed by atoms with E-state index in [0.717, 1.165) is 0 Å². The predicted octanol–water partition coefficient (Wildman–Crippen LogP) is 4.94. The first-order chi connectivity index (χ1) is 15.9. The van der Waals surface area contributed by atoms with Gasteiger partial charge in [-0.3, -0.25) is 4.79 Å². The molecule has 0 saturated heterocycles. The summed E-state index contributed by atoms with van der Waals surface area (Å²) in [7, 11) is 3.23. The number of benzene rings is 2. The minimum absolute atomic E-state index is 0.184. The van der Waals surface area contributed by atoms with Crippen LogP contribution in [0.15, 0.2) is 43.0 Å². The summed E-state index contributed by atoms with van der Waals surface area (Å²) in [6, 6.07) is 9.21. The Kier molecular flexibility index (Phi) is 9.00. The minimum Gasteiger partial charge on any atom is -0.484 e. The summed E-state index contributed by atoms with van der Waals surface area (Å²) >= 11 is 0. The molecule has 2 aromatic carbocycles. The van der Waals surface area contributed by atoms with Crippen LogP contribution in [-0.2, 0) is 4.79 Å². The number of aryl methyl sites for hydroxylation is 1. The van der Waals surface area contributed by atoms with Gasteiger partial charge in [-0.05, 0) is 63.1 Å². The number of ether oxygens (including phenoxy) is 1. The number of carbonyl (C=O) groups excluding carboxylic acids is 2. The third kappa shape index (κ3) is 8.38. The van der Waals surface area contributed by atoms with Crippen LogP contribution >= 0.6 is 0 Å². The van der Waals surface area contributed by atoms with Gasteiger partial charge in [-0.2, -0.15) is 0 Å². The summed E-state index contributed by atoms with van der Waals surface area (Å²) in [6.07, 6.45) is 0.211. The van der Waals surface area contributed by atoms with Crippen molar-refractivity contribution in [2.24, 2.45) is 0 Å². The Morgan fingerprint density at radius 1 is 1.09 bits per heavy atom. The zero-order valence-electron chi connectivity index (χ0n) is 20.2. The molecule has 7 nitrogen and oxygen atoms in total. The van der Waals surface area contributed by atoms with Crippen LogP contribution < -0.4 is 20.7 Å². The molecule has 184 valence electrons. The SMILES string of the molecule is C=C(Nc1ccc(NC(=O)NCCC(C)(C)F)cc1)c1c(C)cc(OCC(=O)N(C)C)cc1F. The van der Waals surface area contributed by atoms with Gasteiger partial charge in [-0.1, -0.05) is 6.58 Å². The van der Waals surface area contributed by atoms with Crippen LogP contribution in [-0.4, -0.2) is 49.8 Å². The third-order valence-corrected chi connectivity index (χ3v) is 4.87. The number of carbonyl (C=O) groups is 2. The molecule has 0 radical (unpaired) electrons. The van der Waals surface area contributed by atoms with E-state index in [1.54, 1.807) is 51.4 Å². The number of hydrogen-bond acceptors (Lipinski definition) is 4. The fourth-order valence-corrected chi connectivity index (χ4v) is 2.97. The Morgan fingerprint density at radius 3 is 2.21 bits per heavy atom. The molecule has 0 saturated carbocycles. The van der Waals surface area contributed by atoms with Crippen LogP contribution in [0, 0.1) is 12.7 Å². The van der Waals surface area contributed by atoms with Crippen LogP contribution in [0.3, 0.4) is 0 Å². The molecular weight excluding hydrogens is 442 g/mol. The molecule has 2 aromatic rings. The largest absolute Gasteiger partial charge is 0.484 e. The molecule has 0 bridgehead atoms. The van der Waals surface area contributed by atoms with Gasteiger partial charge < -0.3 is 25.6 Å². The maximum Gasteiger partial charge on any atom is 0.319 e. The summed E-state index contributed by atoms with van der Waals surface area (Å²) in [5.74, 6) is -0.505. The first-order valence-corrected chi connectivity index (χ1v) is 10.8. The van der Waals surface area contributed by atoms with E-state index >= 15 is 0 Å². The second-order valence-electron chi connectivity index (χ2n) is 8.70. The molecule has 0 fully saturated rings. The highest BCUT2D eigenvalue weighted by Crippen LogP contribution is 2.28. The van der Waals surface area contributed by atoms with Gasteiger partial charge >= 0.3 is 6.03 Å². The normalized spacial score (nSPS) is 10.9. The Morgan fingerprint density at radius 2 is 1.68 bits per heavy atom. The Labute approximate surface area is 199 Å². The van der Waals surface area contributed by atoms with E-state index in [1.807, 2.05) is 0 Å². The number of hydrogen-bond donors (Lipinski definition) is 3.